The number of hydrogen-bond acceptors (Lipinski definition) is 1. The molecule has 2 nitrogen and oxygen atoms in total. The van der Waals surface area contributed by atoms with Gasteiger partial charge in [0.2, 0.25) is 5.91 Å². The van der Waals surface area contributed by atoms with Crippen molar-refractivity contribution < 1.29 is 18.0 Å². The summed E-state index contributed by atoms with van der Waals surface area (Å²) in [5, 5.41) is 2.84. The predicted octanol–water partition coefficient (Wildman–Crippen LogP) is 5.14. The van der Waals surface area contributed by atoms with E-state index < -0.39 is 17.6 Å². The molecule has 7 heteroatoms. The molecule has 0 aliphatic carbocycles. The molecule has 116 valence electrons. The Morgan fingerprint density at radius 1 is 1.14 bits per heavy atom. The number of carbonyl (C=O) groups is 1. The summed E-state index contributed by atoms with van der Waals surface area (Å²) in [4.78, 5) is 11.9. The van der Waals surface area contributed by atoms with Crippen LogP contribution in [0, 0.1) is 3.57 Å². The first-order chi connectivity index (χ1) is 10.3. The van der Waals surface area contributed by atoms with E-state index in [1.165, 1.54) is 12.1 Å². The molecule has 0 aromatic heterocycles. The first-order valence-corrected chi connectivity index (χ1v) is 7.62. The van der Waals surface area contributed by atoms with E-state index in [9.17, 15) is 18.0 Å². The van der Waals surface area contributed by atoms with Gasteiger partial charge in [-0.15, -0.1) is 0 Å². The normalized spacial score (nSPS) is 11.3. The van der Waals surface area contributed by atoms with Crippen LogP contribution >= 0.6 is 34.2 Å². The average Bonchev–Trinajstić information content (AvgIpc) is 2.42. The molecule has 1 amide bonds. The molecule has 0 aliphatic rings. The quantitative estimate of drug-likeness (QED) is 0.659. The second-order valence-corrected chi connectivity index (χ2v) is 6.22. The number of nitrogens with one attached hydrogen (secondary N) is 1. The number of alkyl halides is 3. The number of hydrogen-bond donors (Lipinski definition) is 1. The van der Waals surface area contributed by atoms with Crippen LogP contribution in [0.4, 0.5) is 18.9 Å². The highest BCUT2D eigenvalue weighted by atomic mass is 127. The molecule has 0 saturated carbocycles. The van der Waals surface area contributed by atoms with Crippen LogP contribution < -0.4 is 5.32 Å². The maximum atomic E-state index is 13.0. The molecule has 0 heterocycles. The Morgan fingerprint density at radius 2 is 1.77 bits per heavy atom. The number of carbonyl (C=O) groups excluding carboxylic acids is 1. The highest BCUT2D eigenvalue weighted by Gasteiger charge is 2.34. The number of rotatable bonds is 3. The standard InChI is InChI=1S/C15H10ClF3INO/c16-10-3-1-9(2-4-10)7-14(22)21-13-6-5-11(20)8-12(13)15(17,18)19/h1-6,8H,7H2,(H,21,22). The minimum Gasteiger partial charge on any atom is -0.325 e. The molecule has 0 saturated heterocycles. The van der Waals surface area contributed by atoms with Gasteiger partial charge in [0.1, 0.15) is 0 Å². The molecule has 0 radical (unpaired) electrons. The minimum absolute atomic E-state index is 0.0273. The zero-order valence-corrected chi connectivity index (χ0v) is 14.0. The van der Waals surface area contributed by atoms with E-state index in [4.69, 9.17) is 11.6 Å². The van der Waals surface area contributed by atoms with E-state index in [1.54, 1.807) is 46.9 Å². The zero-order chi connectivity index (χ0) is 16.3. The second kappa shape index (κ2) is 6.87. The summed E-state index contributed by atoms with van der Waals surface area (Å²) in [7, 11) is 0. The SMILES string of the molecule is O=C(Cc1ccc(Cl)cc1)Nc1ccc(I)cc1C(F)(F)F. The Bertz CT molecular complexity index is 686. The topological polar surface area (TPSA) is 29.1 Å². The van der Waals surface area contributed by atoms with Gasteiger partial charge < -0.3 is 5.32 Å². The van der Waals surface area contributed by atoms with Crippen LogP contribution in [0.15, 0.2) is 42.5 Å². The van der Waals surface area contributed by atoms with Crippen LogP contribution in [0.1, 0.15) is 11.1 Å². The molecule has 2 aromatic carbocycles. The molecule has 0 spiro atoms. The Labute approximate surface area is 143 Å². The van der Waals surface area contributed by atoms with Crippen molar-refractivity contribution in [2.45, 2.75) is 12.6 Å². The Morgan fingerprint density at radius 3 is 2.36 bits per heavy atom. The fraction of sp³-hybridized carbons (Fsp3) is 0.133. The lowest BCUT2D eigenvalue weighted by atomic mass is 10.1. The maximum absolute atomic E-state index is 13.0. The molecule has 0 atom stereocenters. The van der Waals surface area contributed by atoms with Gasteiger partial charge in [0.25, 0.3) is 0 Å². The Balaban J connectivity index is 2.16. The lowest BCUT2D eigenvalue weighted by Gasteiger charge is -2.14. The van der Waals surface area contributed by atoms with Gasteiger partial charge in [-0.05, 0) is 58.5 Å². The van der Waals surface area contributed by atoms with Crippen LogP contribution in [0.3, 0.4) is 0 Å². The summed E-state index contributed by atoms with van der Waals surface area (Å²) >= 11 is 7.53. The minimum atomic E-state index is -4.52. The largest absolute Gasteiger partial charge is 0.418 e. The zero-order valence-electron chi connectivity index (χ0n) is 11.0. The third-order valence-corrected chi connectivity index (χ3v) is 3.76. The molecule has 0 unspecified atom stereocenters. The summed E-state index contributed by atoms with van der Waals surface area (Å²) in [6, 6.07) is 10.3. The monoisotopic (exact) mass is 439 g/mol. The fourth-order valence-electron chi connectivity index (χ4n) is 1.84. The van der Waals surface area contributed by atoms with Crippen molar-refractivity contribution in [2.24, 2.45) is 0 Å². The van der Waals surface area contributed by atoms with Gasteiger partial charge in [0.05, 0.1) is 17.7 Å². The summed E-state index contributed by atoms with van der Waals surface area (Å²) in [6.45, 7) is 0. The number of benzene rings is 2. The van der Waals surface area contributed by atoms with Crippen LogP contribution in [-0.4, -0.2) is 5.91 Å². The van der Waals surface area contributed by atoms with E-state index in [-0.39, 0.29) is 12.1 Å². The van der Waals surface area contributed by atoms with E-state index in [1.807, 2.05) is 0 Å². The van der Waals surface area contributed by atoms with Crippen molar-refractivity contribution in [3.8, 4) is 0 Å². The van der Waals surface area contributed by atoms with Gasteiger partial charge in [-0.3, -0.25) is 4.79 Å². The number of anilines is 1. The van der Waals surface area contributed by atoms with Gasteiger partial charge in [-0.25, -0.2) is 0 Å². The third-order valence-electron chi connectivity index (χ3n) is 2.84. The molecule has 22 heavy (non-hydrogen) atoms. The van der Waals surface area contributed by atoms with Crippen molar-refractivity contribution in [3.05, 3.63) is 62.2 Å². The van der Waals surface area contributed by atoms with Crippen molar-refractivity contribution in [1.82, 2.24) is 0 Å². The van der Waals surface area contributed by atoms with E-state index in [0.717, 1.165) is 6.07 Å². The summed E-state index contributed by atoms with van der Waals surface area (Å²) in [5.41, 5.74) is -0.434. The molecule has 2 rings (SSSR count). The molecule has 1 N–H and O–H groups in total. The van der Waals surface area contributed by atoms with E-state index in [0.29, 0.717) is 14.2 Å². The van der Waals surface area contributed by atoms with E-state index in [2.05, 4.69) is 5.32 Å². The van der Waals surface area contributed by atoms with Crippen molar-refractivity contribution >= 4 is 45.8 Å². The van der Waals surface area contributed by atoms with Gasteiger partial charge in [0, 0.05) is 8.59 Å². The highest BCUT2D eigenvalue weighted by molar-refractivity contribution is 14.1. The number of amides is 1. The Hall–Kier alpha value is -1.28. The lowest BCUT2D eigenvalue weighted by molar-refractivity contribution is -0.137. The van der Waals surface area contributed by atoms with Crippen molar-refractivity contribution in [1.29, 1.82) is 0 Å². The van der Waals surface area contributed by atoms with Gasteiger partial charge in [-0.1, -0.05) is 23.7 Å². The Kier molecular flexibility index (Phi) is 5.33. The van der Waals surface area contributed by atoms with Crippen LogP contribution in [0.25, 0.3) is 0 Å². The summed E-state index contributed by atoms with van der Waals surface area (Å²) < 4.78 is 39.4. The molecule has 0 aliphatic heterocycles. The molecule has 0 bridgehead atoms. The first-order valence-electron chi connectivity index (χ1n) is 6.17. The first kappa shape index (κ1) is 17.1. The van der Waals surface area contributed by atoms with E-state index >= 15 is 0 Å². The third kappa shape index (κ3) is 4.61. The fourth-order valence-corrected chi connectivity index (χ4v) is 2.46. The predicted molar refractivity (Wildman–Crippen MR) is 87.9 cm³/mol. The van der Waals surface area contributed by atoms with Crippen molar-refractivity contribution in [2.75, 3.05) is 5.32 Å². The molecular formula is C15H10ClF3INO. The second-order valence-electron chi connectivity index (χ2n) is 4.54. The van der Waals surface area contributed by atoms with Gasteiger partial charge in [-0.2, -0.15) is 13.2 Å². The lowest BCUT2D eigenvalue weighted by Crippen LogP contribution is -2.18. The molecule has 2 aromatic rings. The summed E-state index contributed by atoms with van der Waals surface area (Å²) in [5.74, 6) is -0.519. The van der Waals surface area contributed by atoms with Gasteiger partial charge in [0.15, 0.2) is 0 Å². The summed E-state index contributed by atoms with van der Waals surface area (Å²) in [6.07, 6.45) is -4.55. The van der Waals surface area contributed by atoms with Crippen molar-refractivity contribution in [3.63, 3.8) is 0 Å². The number of halogens is 5. The van der Waals surface area contributed by atoms with Crippen LogP contribution in [0.5, 0.6) is 0 Å². The maximum Gasteiger partial charge on any atom is 0.418 e. The van der Waals surface area contributed by atoms with Crippen LogP contribution in [0.2, 0.25) is 5.02 Å². The van der Waals surface area contributed by atoms with Gasteiger partial charge >= 0.3 is 6.18 Å². The molecular weight excluding hydrogens is 430 g/mol. The highest BCUT2D eigenvalue weighted by Crippen LogP contribution is 2.35. The van der Waals surface area contributed by atoms with Crippen LogP contribution in [-0.2, 0) is 17.4 Å². The average molecular weight is 440 g/mol. The molecule has 0 fully saturated rings. The smallest absolute Gasteiger partial charge is 0.325 e.